The molecule has 0 spiro atoms. The molecule has 0 heterocycles. The van der Waals surface area contributed by atoms with E-state index in [0.717, 1.165) is 7.11 Å². The highest BCUT2D eigenvalue weighted by Crippen LogP contribution is 2.07. The number of hydrogen-bond donors (Lipinski definition) is 5. The highest BCUT2D eigenvalue weighted by atomic mass is 16.5. The Hall–Kier alpha value is -1.06. The van der Waals surface area contributed by atoms with Crippen molar-refractivity contribution in [2.75, 3.05) is 13.7 Å². The summed E-state index contributed by atoms with van der Waals surface area (Å²) in [4.78, 5) is 21.9. The fraction of sp³-hybridized carbons (Fsp3) is 0.778. The third-order valence-corrected chi connectivity index (χ3v) is 2.13. The molecule has 0 amide bonds. The van der Waals surface area contributed by atoms with Crippen LogP contribution < -0.4 is 0 Å². The van der Waals surface area contributed by atoms with E-state index >= 15 is 0 Å². The van der Waals surface area contributed by atoms with Crippen LogP contribution in [0.15, 0.2) is 0 Å². The van der Waals surface area contributed by atoms with Gasteiger partial charge in [0.1, 0.15) is 30.8 Å². The molecule has 0 aliphatic carbocycles. The van der Waals surface area contributed by atoms with Crippen LogP contribution in [0.3, 0.4) is 0 Å². The maximum atomic E-state index is 11.2. The number of aliphatic hydroxyl groups is 5. The number of esters is 1. The van der Waals surface area contributed by atoms with Crippen LogP contribution >= 0.6 is 0 Å². The van der Waals surface area contributed by atoms with Crippen molar-refractivity contribution in [3.05, 3.63) is 0 Å². The second kappa shape index (κ2) is 7.30. The summed E-state index contributed by atoms with van der Waals surface area (Å²) in [5, 5.41) is 45.3. The van der Waals surface area contributed by atoms with E-state index < -0.39 is 49.2 Å². The predicted molar refractivity (Wildman–Crippen MR) is 52.8 cm³/mol. The van der Waals surface area contributed by atoms with E-state index in [1.54, 1.807) is 0 Å². The Labute approximate surface area is 97.1 Å². The van der Waals surface area contributed by atoms with Crippen molar-refractivity contribution >= 4 is 11.8 Å². The smallest absolute Gasteiger partial charge is 0.313 e. The third kappa shape index (κ3) is 4.75. The van der Waals surface area contributed by atoms with Gasteiger partial charge in [-0.15, -0.1) is 0 Å². The number of Topliss-reactive ketones (excluding diaryl/α,β-unsaturated/α-hetero) is 1. The molecule has 0 aromatic rings. The number of hydrogen-bond acceptors (Lipinski definition) is 8. The maximum absolute atomic E-state index is 11.2. The Bertz CT molecular complexity index is 266. The lowest BCUT2D eigenvalue weighted by molar-refractivity contribution is -0.153. The second-order valence-electron chi connectivity index (χ2n) is 3.40. The first kappa shape index (κ1) is 15.9. The summed E-state index contributed by atoms with van der Waals surface area (Å²) in [6.45, 7) is -0.851. The van der Waals surface area contributed by atoms with Crippen molar-refractivity contribution in [1.82, 2.24) is 0 Å². The largest absolute Gasteiger partial charge is 0.469 e. The van der Waals surface area contributed by atoms with Gasteiger partial charge in [0.25, 0.3) is 0 Å². The lowest BCUT2D eigenvalue weighted by Gasteiger charge is -2.24. The number of aliphatic hydroxyl groups excluding tert-OH is 5. The molecule has 0 aromatic carbocycles. The lowest BCUT2D eigenvalue weighted by Crippen LogP contribution is -2.48. The van der Waals surface area contributed by atoms with Gasteiger partial charge in [-0.2, -0.15) is 0 Å². The average molecular weight is 252 g/mol. The van der Waals surface area contributed by atoms with Gasteiger partial charge < -0.3 is 30.3 Å². The monoisotopic (exact) mass is 252 g/mol. The minimum Gasteiger partial charge on any atom is -0.469 e. The van der Waals surface area contributed by atoms with E-state index in [1.165, 1.54) is 0 Å². The standard InChI is InChI=1S/C9H16O8/c1-17-6(13)2-4(11)7(14)9(16)8(15)5(12)3-10/h5,7-10,12,14-16H,2-3H2,1H3/t5-,7+,8-,9-/m1/s1. The normalized spacial score (nSPS) is 18.0. The molecule has 0 bridgehead atoms. The van der Waals surface area contributed by atoms with Crippen molar-refractivity contribution in [2.45, 2.75) is 30.8 Å². The van der Waals surface area contributed by atoms with Crippen molar-refractivity contribution in [3.63, 3.8) is 0 Å². The number of ketones is 1. The zero-order chi connectivity index (χ0) is 13.6. The number of carbonyl (C=O) groups is 2. The van der Waals surface area contributed by atoms with E-state index in [9.17, 15) is 24.9 Å². The minimum atomic E-state index is -2.05. The van der Waals surface area contributed by atoms with Crippen LogP contribution in [0, 0.1) is 0 Å². The van der Waals surface area contributed by atoms with E-state index in [-0.39, 0.29) is 0 Å². The van der Waals surface area contributed by atoms with Gasteiger partial charge in [-0.1, -0.05) is 0 Å². The average Bonchev–Trinajstić information content (AvgIpc) is 2.34. The van der Waals surface area contributed by atoms with E-state index in [2.05, 4.69) is 4.74 Å². The van der Waals surface area contributed by atoms with Crippen molar-refractivity contribution < 1.29 is 39.9 Å². The fourth-order valence-electron chi connectivity index (χ4n) is 1.03. The quantitative estimate of drug-likeness (QED) is 0.232. The number of ether oxygens (including phenoxy) is 1. The number of carbonyl (C=O) groups excluding carboxylic acids is 2. The summed E-state index contributed by atoms with van der Waals surface area (Å²) in [6.07, 6.45) is -8.43. The molecule has 0 radical (unpaired) electrons. The Kier molecular flexibility index (Phi) is 6.85. The molecule has 0 saturated carbocycles. The van der Waals surface area contributed by atoms with Gasteiger partial charge in [0, 0.05) is 0 Å². The predicted octanol–water partition coefficient (Wildman–Crippen LogP) is -3.45. The first-order valence-corrected chi connectivity index (χ1v) is 4.77. The first-order valence-electron chi connectivity index (χ1n) is 4.77. The molecule has 4 atom stereocenters. The van der Waals surface area contributed by atoms with E-state index in [4.69, 9.17) is 10.2 Å². The van der Waals surface area contributed by atoms with Crippen LogP contribution in [0.25, 0.3) is 0 Å². The Morgan fingerprint density at radius 3 is 2.06 bits per heavy atom. The molecule has 0 aliphatic rings. The maximum Gasteiger partial charge on any atom is 0.313 e. The van der Waals surface area contributed by atoms with E-state index in [0.29, 0.717) is 0 Å². The molecule has 8 nitrogen and oxygen atoms in total. The molecule has 0 aromatic heterocycles. The molecular weight excluding hydrogens is 236 g/mol. The zero-order valence-corrected chi connectivity index (χ0v) is 9.18. The molecule has 100 valence electrons. The molecule has 17 heavy (non-hydrogen) atoms. The third-order valence-electron chi connectivity index (χ3n) is 2.13. The van der Waals surface area contributed by atoms with Crippen molar-refractivity contribution in [2.24, 2.45) is 0 Å². The molecule has 0 rings (SSSR count). The Balaban J connectivity index is 4.43. The Morgan fingerprint density at radius 2 is 1.65 bits per heavy atom. The molecule has 0 unspecified atom stereocenters. The van der Waals surface area contributed by atoms with Crippen LogP contribution in [0.1, 0.15) is 6.42 Å². The summed E-state index contributed by atoms with van der Waals surface area (Å²) in [5.74, 6) is -1.97. The first-order chi connectivity index (χ1) is 7.84. The fourth-order valence-corrected chi connectivity index (χ4v) is 1.03. The highest BCUT2D eigenvalue weighted by Gasteiger charge is 2.34. The lowest BCUT2D eigenvalue weighted by atomic mass is 9.99. The molecule has 0 aliphatic heterocycles. The van der Waals surface area contributed by atoms with Crippen LogP contribution in [0.2, 0.25) is 0 Å². The summed E-state index contributed by atoms with van der Waals surface area (Å²) >= 11 is 0. The summed E-state index contributed by atoms with van der Waals surface area (Å²) < 4.78 is 4.18. The van der Waals surface area contributed by atoms with Gasteiger partial charge in [0.2, 0.25) is 0 Å². The van der Waals surface area contributed by atoms with Crippen LogP contribution in [0.4, 0.5) is 0 Å². The number of methoxy groups -OCH3 is 1. The summed E-state index contributed by atoms with van der Waals surface area (Å²) in [5.41, 5.74) is 0. The van der Waals surface area contributed by atoms with Crippen molar-refractivity contribution in [3.8, 4) is 0 Å². The zero-order valence-electron chi connectivity index (χ0n) is 9.18. The summed E-state index contributed by atoms with van der Waals surface area (Å²) in [7, 11) is 1.04. The molecule has 0 fully saturated rings. The summed E-state index contributed by atoms with van der Waals surface area (Å²) in [6, 6.07) is 0. The van der Waals surface area contributed by atoms with Gasteiger partial charge >= 0.3 is 5.97 Å². The van der Waals surface area contributed by atoms with Crippen LogP contribution in [-0.2, 0) is 14.3 Å². The minimum absolute atomic E-state index is 0.767. The molecule has 5 N–H and O–H groups in total. The van der Waals surface area contributed by atoms with Gasteiger partial charge in [0.05, 0.1) is 13.7 Å². The second-order valence-corrected chi connectivity index (χ2v) is 3.40. The molecule has 8 heteroatoms. The van der Waals surface area contributed by atoms with Gasteiger partial charge in [-0.05, 0) is 0 Å². The number of rotatable bonds is 7. The van der Waals surface area contributed by atoms with Gasteiger partial charge in [0.15, 0.2) is 5.78 Å². The highest BCUT2D eigenvalue weighted by molar-refractivity contribution is 5.98. The SMILES string of the molecule is COC(=O)CC(=O)[C@H](O)[C@@H](O)[C@H](O)[C@H](O)CO. The topological polar surface area (TPSA) is 145 Å². The van der Waals surface area contributed by atoms with Crippen molar-refractivity contribution in [1.29, 1.82) is 0 Å². The van der Waals surface area contributed by atoms with E-state index in [1.807, 2.05) is 0 Å². The van der Waals surface area contributed by atoms with Crippen LogP contribution in [0.5, 0.6) is 0 Å². The van der Waals surface area contributed by atoms with Gasteiger partial charge in [-0.3, -0.25) is 9.59 Å². The van der Waals surface area contributed by atoms with Gasteiger partial charge in [-0.25, -0.2) is 0 Å². The molecular formula is C9H16O8. The molecule has 0 saturated heterocycles. The Morgan fingerprint density at radius 1 is 1.12 bits per heavy atom. The van der Waals surface area contributed by atoms with Crippen LogP contribution in [-0.4, -0.2) is 75.4 Å².